The van der Waals surface area contributed by atoms with Crippen molar-refractivity contribution in [2.75, 3.05) is 20.2 Å². The van der Waals surface area contributed by atoms with Crippen LogP contribution in [0.5, 0.6) is 5.75 Å². The van der Waals surface area contributed by atoms with Gasteiger partial charge < -0.3 is 14.1 Å². The summed E-state index contributed by atoms with van der Waals surface area (Å²) in [5.41, 5.74) is 1.58. The molecule has 0 fully saturated rings. The Bertz CT molecular complexity index is 1160. The van der Waals surface area contributed by atoms with Gasteiger partial charge in [0.25, 0.3) is 0 Å². The molecular formula is C25H26ClNO3. The number of unbranched alkanes of at least 4 members (excludes halogenated alkanes) is 1. The molecule has 0 aliphatic carbocycles. The van der Waals surface area contributed by atoms with Gasteiger partial charge in [-0.05, 0) is 55.6 Å². The molecule has 4 rings (SSSR count). The summed E-state index contributed by atoms with van der Waals surface area (Å²) in [6.07, 6.45) is 2.04. The fraction of sp³-hybridized carbons (Fsp3) is 0.240. The molecule has 0 atom stereocenters. The first-order chi connectivity index (χ1) is 14.2. The predicted octanol–water partition coefficient (Wildman–Crippen LogP) is 5.66. The number of fused-ring (bicyclic) bond motifs is 3. The quantitative estimate of drug-likeness (QED) is 0.208. The molecule has 0 saturated heterocycles. The van der Waals surface area contributed by atoms with Crippen LogP contribution >= 0.6 is 12.4 Å². The number of benzene rings is 3. The normalized spacial score (nSPS) is 11.0. The maximum absolute atomic E-state index is 12.2. The second-order valence-corrected chi connectivity index (χ2v) is 7.37. The molecule has 0 N–H and O–H groups in total. The first kappa shape index (κ1) is 21.9. The van der Waals surface area contributed by atoms with E-state index in [2.05, 4.69) is 36.2 Å². The van der Waals surface area contributed by atoms with E-state index >= 15 is 0 Å². The lowest BCUT2D eigenvalue weighted by molar-refractivity contribution is 0.276. The van der Waals surface area contributed by atoms with E-state index in [4.69, 9.17) is 9.15 Å². The Kier molecular flexibility index (Phi) is 7.50. The van der Waals surface area contributed by atoms with Crippen molar-refractivity contribution < 1.29 is 9.15 Å². The molecule has 0 aliphatic rings. The van der Waals surface area contributed by atoms with Crippen LogP contribution < -0.4 is 10.4 Å². The molecule has 0 amide bonds. The standard InChI is InChI=1S/C25H25NO3.ClH/c1-26(18-19-9-3-2-4-10-19)15-7-8-16-28-20-13-14-22-21-11-5-6-12-23(21)25(27)29-24(22)17-20;/h2-6,9-14,17H,7-8,15-16,18H2,1H3;1H. The zero-order chi connectivity index (χ0) is 20.1. The second-order valence-electron chi connectivity index (χ2n) is 7.37. The minimum Gasteiger partial charge on any atom is -0.493 e. The lowest BCUT2D eigenvalue weighted by Gasteiger charge is -2.16. The van der Waals surface area contributed by atoms with Crippen LogP contribution in [0.25, 0.3) is 21.7 Å². The van der Waals surface area contributed by atoms with Crippen LogP contribution in [0, 0.1) is 0 Å². The van der Waals surface area contributed by atoms with Crippen molar-refractivity contribution in [2.24, 2.45) is 0 Å². The molecule has 0 unspecified atom stereocenters. The first-order valence-electron chi connectivity index (χ1n) is 10.0. The van der Waals surface area contributed by atoms with Gasteiger partial charge in [-0.2, -0.15) is 0 Å². The Morgan fingerprint density at radius 3 is 2.40 bits per heavy atom. The third-order valence-electron chi connectivity index (χ3n) is 5.09. The fourth-order valence-electron chi connectivity index (χ4n) is 3.60. The van der Waals surface area contributed by atoms with E-state index in [1.165, 1.54) is 5.56 Å². The van der Waals surface area contributed by atoms with Gasteiger partial charge in [0.15, 0.2) is 0 Å². The third kappa shape index (κ3) is 5.21. The van der Waals surface area contributed by atoms with Gasteiger partial charge in [0.1, 0.15) is 11.3 Å². The lowest BCUT2D eigenvalue weighted by Crippen LogP contribution is -2.19. The number of hydrogen-bond acceptors (Lipinski definition) is 4. The topological polar surface area (TPSA) is 42.7 Å². The van der Waals surface area contributed by atoms with Crippen molar-refractivity contribution in [1.82, 2.24) is 4.90 Å². The Morgan fingerprint density at radius 1 is 0.867 bits per heavy atom. The molecule has 0 radical (unpaired) electrons. The van der Waals surface area contributed by atoms with Crippen LogP contribution in [0.2, 0.25) is 0 Å². The van der Waals surface area contributed by atoms with Crippen LogP contribution in [0.4, 0.5) is 0 Å². The van der Waals surface area contributed by atoms with E-state index in [0.29, 0.717) is 17.6 Å². The van der Waals surface area contributed by atoms with Crippen LogP contribution in [0.1, 0.15) is 18.4 Å². The maximum atomic E-state index is 12.2. The van der Waals surface area contributed by atoms with Gasteiger partial charge in [-0.25, -0.2) is 4.79 Å². The molecule has 156 valence electrons. The molecule has 5 heteroatoms. The highest BCUT2D eigenvalue weighted by Crippen LogP contribution is 2.26. The predicted molar refractivity (Wildman–Crippen MR) is 125 cm³/mol. The van der Waals surface area contributed by atoms with Crippen LogP contribution in [-0.2, 0) is 6.54 Å². The van der Waals surface area contributed by atoms with Crippen LogP contribution in [0.15, 0.2) is 82.0 Å². The molecule has 0 bridgehead atoms. The highest BCUT2D eigenvalue weighted by atomic mass is 35.5. The molecule has 4 nitrogen and oxygen atoms in total. The molecule has 0 aliphatic heterocycles. The number of ether oxygens (including phenoxy) is 1. The molecule has 3 aromatic carbocycles. The van der Waals surface area contributed by atoms with Crippen molar-refractivity contribution in [2.45, 2.75) is 19.4 Å². The van der Waals surface area contributed by atoms with Crippen molar-refractivity contribution >= 4 is 34.1 Å². The average Bonchev–Trinajstić information content (AvgIpc) is 2.74. The second kappa shape index (κ2) is 10.3. The summed E-state index contributed by atoms with van der Waals surface area (Å²) in [6.45, 7) is 2.62. The Hall–Kier alpha value is -2.82. The van der Waals surface area contributed by atoms with Crippen molar-refractivity contribution in [1.29, 1.82) is 0 Å². The molecular weight excluding hydrogens is 398 g/mol. The van der Waals surface area contributed by atoms with Crippen molar-refractivity contribution in [3.8, 4) is 5.75 Å². The molecule has 1 heterocycles. The SMILES string of the molecule is CN(CCCCOc1ccc2c(c1)oc(=O)c1ccccc12)Cc1ccccc1.Cl. The minimum absolute atomic E-state index is 0. The molecule has 4 aromatic rings. The fourth-order valence-corrected chi connectivity index (χ4v) is 3.60. The number of halogens is 1. The van der Waals surface area contributed by atoms with E-state index in [1.54, 1.807) is 6.07 Å². The van der Waals surface area contributed by atoms with E-state index in [1.807, 2.05) is 42.5 Å². The summed E-state index contributed by atoms with van der Waals surface area (Å²) in [4.78, 5) is 14.5. The zero-order valence-electron chi connectivity index (χ0n) is 17.0. The summed E-state index contributed by atoms with van der Waals surface area (Å²) in [6, 6.07) is 23.7. The van der Waals surface area contributed by atoms with Gasteiger partial charge in [-0.1, -0.05) is 48.5 Å². The first-order valence-corrected chi connectivity index (χ1v) is 10.0. The average molecular weight is 424 g/mol. The van der Waals surface area contributed by atoms with Gasteiger partial charge in [0.2, 0.25) is 0 Å². The Morgan fingerprint density at radius 2 is 1.60 bits per heavy atom. The minimum atomic E-state index is -0.313. The molecule has 30 heavy (non-hydrogen) atoms. The largest absolute Gasteiger partial charge is 0.493 e. The summed E-state index contributed by atoms with van der Waals surface area (Å²) in [5.74, 6) is 0.730. The Labute approximate surface area is 182 Å². The highest BCUT2D eigenvalue weighted by Gasteiger charge is 2.08. The van der Waals surface area contributed by atoms with Crippen LogP contribution in [0.3, 0.4) is 0 Å². The van der Waals surface area contributed by atoms with Crippen molar-refractivity contribution in [3.63, 3.8) is 0 Å². The van der Waals surface area contributed by atoms with Gasteiger partial charge >= 0.3 is 5.63 Å². The van der Waals surface area contributed by atoms with E-state index in [0.717, 1.165) is 42.5 Å². The van der Waals surface area contributed by atoms with Gasteiger partial charge in [0.05, 0.1) is 12.0 Å². The number of rotatable bonds is 8. The lowest BCUT2D eigenvalue weighted by atomic mass is 10.1. The monoisotopic (exact) mass is 423 g/mol. The summed E-state index contributed by atoms with van der Waals surface area (Å²) in [7, 11) is 2.14. The number of hydrogen-bond donors (Lipinski definition) is 0. The van der Waals surface area contributed by atoms with E-state index in [9.17, 15) is 4.79 Å². The summed E-state index contributed by atoms with van der Waals surface area (Å²) >= 11 is 0. The van der Waals surface area contributed by atoms with E-state index in [-0.39, 0.29) is 18.0 Å². The van der Waals surface area contributed by atoms with E-state index < -0.39 is 0 Å². The smallest absolute Gasteiger partial charge is 0.344 e. The maximum Gasteiger partial charge on any atom is 0.344 e. The highest BCUT2D eigenvalue weighted by molar-refractivity contribution is 6.04. The Balaban J connectivity index is 0.00000256. The van der Waals surface area contributed by atoms with Crippen molar-refractivity contribution in [3.05, 3.63) is 88.8 Å². The van der Waals surface area contributed by atoms with Gasteiger partial charge in [0, 0.05) is 18.0 Å². The zero-order valence-corrected chi connectivity index (χ0v) is 17.9. The molecule has 0 spiro atoms. The third-order valence-corrected chi connectivity index (χ3v) is 5.09. The molecule has 0 saturated carbocycles. The van der Waals surface area contributed by atoms with Crippen LogP contribution in [-0.4, -0.2) is 25.1 Å². The van der Waals surface area contributed by atoms with Gasteiger partial charge in [-0.3, -0.25) is 0 Å². The molecule has 1 aromatic heterocycles. The summed E-state index contributed by atoms with van der Waals surface area (Å²) < 4.78 is 11.4. The number of nitrogens with zero attached hydrogens (tertiary/aromatic N) is 1. The summed E-state index contributed by atoms with van der Waals surface area (Å²) in [5, 5.41) is 2.44. The van der Waals surface area contributed by atoms with Gasteiger partial charge in [-0.15, -0.1) is 12.4 Å².